The van der Waals surface area contributed by atoms with Gasteiger partial charge < -0.3 is 14.5 Å². The van der Waals surface area contributed by atoms with Gasteiger partial charge >= 0.3 is 12.1 Å². The first-order valence-corrected chi connectivity index (χ1v) is 9.47. The first-order chi connectivity index (χ1) is 13.3. The second kappa shape index (κ2) is 9.92. The summed E-state index contributed by atoms with van der Waals surface area (Å²) >= 11 is 0. The number of benzene rings is 1. The maximum atomic E-state index is 12.8. The van der Waals surface area contributed by atoms with E-state index in [1.807, 2.05) is 30.3 Å². The monoisotopic (exact) mass is 387 g/mol. The Labute approximate surface area is 166 Å². The molecular formula is C21H29N3O4. The van der Waals surface area contributed by atoms with E-state index in [0.717, 1.165) is 11.3 Å². The molecule has 1 N–H and O–H groups in total. The number of H-pyrrole nitrogens is 1. The van der Waals surface area contributed by atoms with E-state index in [-0.39, 0.29) is 13.0 Å². The molecule has 2 rings (SSSR count). The quantitative estimate of drug-likeness (QED) is 0.702. The second-order valence-corrected chi connectivity index (χ2v) is 7.47. The average Bonchev–Trinajstić information content (AvgIpc) is 3.14. The highest BCUT2D eigenvalue weighted by Gasteiger charge is 2.33. The van der Waals surface area contributed by atoms with E-state index in [9.17, 15) is 9.59 Å². The van der Waals surface area contributed by atoms with Crippen molar-refractivity contribution >= 4 is 12.1 Å². The van der Waals surface area contributed by atoms with E-state index in [2.05, 4.69) is 9.97 Å². The van der Waals surface area contributed by atoms with Crippen LogP contribution in [0.4, 0.5) is 4.79 Å². The van der Waals surface area contributed by atoms with Gasteiger partial charge in [0.05, 0.1) is 12.9 Å². The normalized spacial score (nSPS) is 12.3. The van der Waals surface area contributed by atoms with Crippen LogP contribution in [0.1, 0.15) is 39.0 Å². The van der Waals surface area contributed by atoms with Gasteiger partial charge in [0, 0.05) is 31.3 Å². The molecule has 0 saturated carbocycles. The average molecular weight is 387 g/mol. The van der Waals surface area contributed by atoms with Crippen molar-refractivity contribution in [1.82, 2.24) is 14.9 Å². The van der Waals surface area contributed by atoms with Gasteiger partial charge in [-0.1, -0.05) is 30.3 Å². The minimum atomic E-state index is -0.795. The second-order valence-electron chi connectivity index (χ2n) is 7.47. The molecule has 0 aliphatic rings. The number of amides is 1. The van der Waals surface area contributed by atoms with Gasteiger partial charge in [-0.05, 0) is 33.3 Å². The fraction of sp³-hybridized carbons (Fsp3) is 0.476. The largest absolute Gasteiger partial charge is 0.464 e. The van der Waals surface area contributed by atoms with Crippen LogP contribution in [0.2, 0.25) is 0 Å². The van der Waals surface area contributed by atoms with Crippen molar-refractivity contribution in [3.63, 3.8) is 0 Å². The molecule has 0 bridgehead atoms. The van der Waals surface area contributed by atoms with Crippen molar-refractivity contribution in [2.45, 2.75) is 52.2 Å². The Kier molecular flexibility index (Phi) is 7.61. The number of nitrogens with one attached hydrogen (secondary N) is 1. The Bertz CT molecular complexity index is 739. The van der Waals surface area contributed by atoms with Crippen molar-refractivity contribution in [3.8, 4) is 0 Å². The van der Waals surface area contributed by atoms with Gasteiger partial charge in [0.1, 0.15) is 11.6 Å². The molecule has 2 aromatic rings. The third-order valence-corrected chi connectivity index (χ3v) is 4.06. The van der Waals surface area contributed by atoms with Crippen LogP contribution in [0, 0.1) is 0 Å². The van der Waals surface area contributed by atoms with Gasteiger partial charge in [0.15, 0.2) is 0 Å². The lowest BCUT2D eigenvalue weighted by atomic mass is 10.1. The highest BCUT2D eigenvalue weighted by Crippen LogP contribution is 2.15. The zero-order valence-corrected chi connectivity index (χ0v) is 17.0. The summed E-state index contributed by atoms with van der Waals surface area (Å²) in [4.78, 5) is 33.8. The molecule has 1 amide bonds. The molecule has 1 heterocycles. The summed E-state index contributed by atoms with van der Waals surface area (Å²) in [6.07, 6.45) is 3.52. The molecule has 152 valence electrons. The molecule has 1 atom stereocenters. The number of rotatable bonds is 8. The number of carbonyl (C=O) groups is 2. The van der Waals surface area contributed by atoms with Crippen LogP contribution >= 0.6 is 0 Å². The number of hydrogen-bond acceptors (Lipinski definition) is 5. The van der Waals surface area contributed by atoms with E-state index in [0.29, 0.717) is 13.0 Å². The predicted octanol–water partition coefficient (Wildman–Crippen LogP) is 3.36. The minimum absolute atomic E-state index is 0.244. The number of esters is 1. The summed E-state index contributed by atoms with van der Waals surface area (Å²) in [5, 5.41) is 0. The van der Waals surface area contributed by atoms with Crippen LogP contribution in [0.15, 0.2) is 42.9 Å². The summed E-state index contributed by atoms with van der Waals surface area (Å²) in [6.45, 7) is 7.75. The number of aromatic nitrogens is 2. The lowest BCUT2D eigenvalue weighted by Gasteiger charge is -2.31. The van der Waals surface area contributed by atoms with Crippen LogP contribution in [-0.4, -0.2) is 51.7 Å². The lowest BCUT2D eigenvalue weighted by molar-refractivity contribution is -0.149. The molecule has 1 aromatic heterocycles. The number of nitrogens with zero attached hydrogens (tertiary/aromatic N) is 2. The Hall–Kier alpha value is -2.83. The van der Waals surface area contributed by atoms with Crippen molar-refractivity contribution in [3.05, 3.63) is 54.1 Å². The summed E-state index contributed by atoms with van der Waals surface area (Å²) in [5.74, 6) is -0.460. The zero-order chi connectivity index (χ0) is 20.6. The SMILES string of the molecule is CCN(C(=O)OC(C)(C)C)[C@@H](Cc1cnc[nH]1)C(=O)OCCc1ccccc1. The Morgan fingerprint density at radius 2 is 1.93 bits per heavy atom. The number of carbonyl (C=O) groups excluding carboxylic acids is 2. The zero-order valence-electron chi connectivity index (χ0n) is 17.0. The first-order valence-electron chi connectivity index (χ1n) is 9.47. The Morgan fingerprint density at radius 3 is 2.50 bits per heavy atom. The number of hydrogen-bond donors (Lipinski definition) is 1. The minimum Gasteiger partial charge on any atom is -0.464 e. The van der Waals surface area contributed by atoms with Gasteiger partial charge in [-0.2, -0.15) is 0 Å². The molecular weight excluding hydrogens is 358 g/mol. The fourth-order valence-electron chi connectivity index (χ4n) is 2.73. The maximum Gasteiger partial charge on any atom is 0.411 e. The smallest absolute Gasteiger partial charge is 0.411 e. The van der Waals surface area contributed by atoms with E-state index in [4.69, 9.17) is 9.47 Å². The molecule has 0 fully saturated rings. The molecule has 0 aliphatic heterocycles. The van der Waals surface area contributed by atoms with Gasteiger partial charge in [-0.15, -0.1) is 0 Å². The third-order valence-electron chi connectivity index (χ3n) is 4.06. The summed E-state index contributed by atoms with van der Waals surface area (Å²) < 4.78 is 11.0. The number of aromatic amines is 1. The van der Waals surface area contributed by atoms with Gasteiger partial charge in [-0.25, -0.2) is 14.6 Å². The van der Waals surface area contributed by atoms with Crippen molar-refractivity contribution < 1.29 is 19.1 Å². The summed E-state index contributed by atoms with van der Waals surface area (Å²) in [7, 11) is 0. The third kappa shape index (κ3) is 6.72. The number of imidazole rings is 1. The van der Waals surface area contributed by atoms with Crippen LogP contribution in [0.3, 0.4) is 0 Å². The Morgan fingerprint density at radius 1 is 1.21 bits per heavy atom. The van der Waals surface area contributed by atoms with Gasteiger partial charge in [0.25, 0.3) is 0 Å². The molecule has 0 radical (unpaired) electrons. The number of likely N-dealkylation sites (N-methyl/N-ethyl adjacent to an activating group) is 1. The summed E-state index contributed by atoms with van der Waals surface area (Å²) in [5.41, 5.74) is 1.17. The van der Waals surface area contributed by atoms with Crippen LogP contribution < -0.4 is 0 Å². The molecule has 0 unspecified atom stereocenters. The molecule has 1 aromatic carbocycles. The highest BCUT2D eigenvalue weighted by molar-refractivity contribution is 5.82. The van der Waals surface area contributed by atoms with Crippen molar-refractivity contribution in [1.29, 1.82) is 0 Å². The number of ether oxygens (including phenoxy) is 2. The molecule has 7 nitrogen and oxygen atoms in total. The maximum absolute atomic E-state index is 12.8. The summed E-state index contributed by atoms with van der Waals surface area (Å²) in [6, 6.07) is 9.00. The van der Waals surface area contributed by atoms with Crippen molar-refractivity contribution in [2.75, 3.05) is 13.2 Å². The topological polar surface area (TPSA) is 84.5 Å². The predicted molar refractivity (Wildman–Crippen MR) is 106 cm³/mol. The molecule has 7 heteroatoms. The first kappa shape index (κ1) is 21.5. The van der Waals surface area contributed by atoms with Crippen molar-refractivity contribution in [2.24, 2.45) is 0 Å². The highest BCUT2D eigenvalue weighted by atomic mass is 16.6. The van der Waals surface area contributed by atoms with Crippen LogP contribution in [0.5, 0.6) is 0 Å². The Balaban J connectivity index is 2.08. The molecule has 0 aliphatic carbocycles. The van der Waals surface area contributed by atoms with Gasteiger partial charge in [-0.3, -0.25) is 4.90 Å². The van der Waals surface area contributed by atoms with E-state index >= 15 is 0 Å². The van der Waals surface area contributed by atoms with Gasteiger partial charge in [0.2, 0.25) is 0 Å². The fourth-order valence-corrected chi connectivity index (χ4v) is 2.73. The molecule has 0 saturated heterocycles. The molecule has 0 spiro atoms. The van der Waals surface area contributed by atoms with Crippen LogP contribution in [0.25, 0.3) is 0 Å². The standard InChI is InChI=1S/C21H29N3O4/c1-5-24(20(26)28-21(2,3)4)18(13-17-14-22-15-23-17)19(25)27-12-11-16-9-7-6-8-10-16/h6-10,14-15,18H,5,11-13H2,1-4H3,(H,22,23)/t18-/m0/s1. The van der Waals surface area contributed by atoms with E-state index in [1.165, 1.54) is 11.2 Å². The van der Waals surface area contributed by atoms with E-state index in [1.54, 1.807) is 33.9 Å². The lowest BCUT2D eigenvalue weighted by Crippen LogP contribution is -2.49. The van der Waals surface area contributed by atoms with E-state index < -0.39 is 23.7 Å². The molecule has 28 heavy (non-hydrogen) atoms. The van der Waals surface area contributed by atoms with Crippen LogP contribution in [-0.2, 0) is 27.1 Å².